The SMILES string of the molecule is C=CCCc1ccc(-c2ccc3cc(CC[C@H]4CC[C@H](CC)CC4)ccc3c2F)cc1. The third-order valence-corrected chi connectivity index (χ3v) is 7.31. The second-order valence-electron chi connectivity index (χ2n) is 9.34. The summed E-state index contributed by atoms with van der Waals surface area (Å²) in [7, 11) is 0. The van der Waals surface area contributed by atoms with E-state index in [0.717, 1.165) is 47.4 Å². The minimum Gasteiger partial charge on any atom is -0.206 e. The summed E-state index contributed by atoms with van der Waals surface area (Å²) in [5.74, 6) is 1.71. The van der Waals surface area contributed by atoms with Crippen LogP contribution in [0.5, 0.6) is 0 Å². The van der Waals surface area contributed by atoms with Gasteiger partial charge in [-0.25, -0.2) is 4.39 Å². The van der Waals surface area contributed by atoms with E-state index in [4.69, 9.17) is 0 Å². The summed E-state index contributed by atoms with van der Waals surface area (Å²) in [6, 6.07) is 18.6. The summed E-state index contributed by atoms with van der Waals surface area (Å²) in [6.45, 7) is 6.10. The largest absolute Gasteiger partial charge is 0.206 e. The molecule has 3 aromatic carbocycles. The van der Waals surface area contributed by atoms with Gasteiger partial charge in [-0.15, -0.1) is 6.58 Å². The average molecular weight is 415 g/mol. The molecule has 0 saturated heterocycles. The average Bonchev–Trinajstić information content (AvgIpc) is 2.82. The molecule has 1 aliphatic rings. The second kappa shape index (κ2) is 10.3. The van der Waals surface area contributed by atoms with Gasteiger partial charge in [0.2, 0.25) is 0 Å². The van der Waals surface area contributed by atoms with Crippen LogP contribution in [0.15, 0.2) is 67.3 Å². The standard InChI is InChI=1S/C30H35F/c1-3-5-6-23-13-16-26(17-14-23)28-20-18-27-21-25(15-19-29(27)30(28)31)12-11-24-9-7-22(4-2)8-10-24/h3,13-22,24H,1,4-12H2,2H3/t22-,24-. The molecule has 0 nitrogen and oxygen atoms in total. The number of benzene rings is 3. The lowest BCUT2D eigenvalue weighted by Gasteiger charge is -2.27. The van der Waals surface area contributed by atoms with Crippen molar-refractivity contribution < 1.29 is 4.39 Å². The van der Waals surface area contributed by atoms with Crippen molar-refractivity contribution >= 4 is 10.8 Å². The van der Waals surface area contributed by atoms with Crippen molar-refractivity contribution in [1.82, 2.24) is 0 Å². The zero-order valence-corrected chi connectivity index (χ0v) is 18.9. The fraction of sp³-hybridized carbons (Fsp3) is 0.400. The van der Waals surface area contributed by atoms with Gasteiger partial charge in [-0.05, 0) is 59.6 Å². The maximum absolute atomic E-state index is 15.3. The molecule has 1 fully saturated rings. The van der Waals surface area contributed by atoms with Crippen LogP contribution in [0.1, 0.15) is 63.0 Å². The van der Waals surface area contributed by atoms with Crippen molar-refractivity contribution in [2.24, 2.45) is 11.8 Å². The van der Waals surface area contributed by atoms with Gasteiger partial charge in [0, 0.05) is 10.9 Å². The van der Waals surface area contributed by atoms with E-state index >= 15 is 4.39 Å². The first-order chi connectivity index (χ1) is 15.2. The molecule has 0 amide bonds. The highest BCUT2D eigenvalue weighted by Gasteiger charge is 2.19. The Hall–Kier alpha value is -2.41. The van der Waals surface area contributed by atoms with E-state index in [1.165, 1.54) is 49.7 Å². The zero-order valence-electron chi connectivity index (χ0n) is 18.9. The molecule has 1 aliphatic carbocycles. The van der Waals surface area contributed by atoms with E-state index in [1.54, 1.807) is 0 Å². The summed E-state index contributed by atoms with van der Waals surface area (Å²) in [5, 5.41) is 1.73. The second-order valence-corrected chi connectivity index (χ2v) is 9.34. The molecule has 3 aromatic rings. The van der Waals surface area contributed by atoms with Gasteiger partial charge in [0.25, 0.3) is 0 Å². The molecule has 4 rings (SSSR count). The van der Waals surface area contributed by atoms with E-state index < -0.39 is 0 Å². The van der Waals surface area contributed by atoms with Crippen LogP contribution in [0.2, 0.25) is 0 Å². The molecular formula is C30H35F. The van der Waals surface area contributed by atoms with Crippen molar-refractivity contribution in [3.05, 3.63) is 84.2 Å². The summed E-state index contributed by atoms with van der Waals surface area (Å²) in [6.07, 6.45) is 13.2. The Balaban J connectivity index is 1.46. The number of hydrogen-bond acceptors (Lipinski definition) is 0. The Kier molecular flexibility index (Phi) is 7.22. The summed E-state index contributed by atoms with van der Waals surface area (Å²) in [4.78, 5) is 0. The molecule has 0 N–H and O–H groups in total. The van der Waals surface area contributed by atoms with Gasteiger partial charge in [-0.1, -0.05) is 99.7 Å². The lowest BCUT2D eigenvalue weighted by molar-refractivity contribution is 0.259. The van der Waals surface area contributed by atoms with E-state index in [9.17, 15) is 0 Å². The van der Waals surface area contributed by atoms with E-state index in [1.807, 2.05) is 30.3 Å². The highest BCUT2D eigenvalue weighted by molar-refractivity contribution is 5.88. The van der Waals surface area contributed by atoms with Crippen molar-refractivity contribution in [3.8, 4) is 11.1 Å². The lowest BCUT2D eigenvalue weighted by Crippen LogP contribution is -2.14. The molecule has 31 heavy (non-hydrogen) atoms. The fourth-order valence-electron chi connectivity index (χ4n) is 5.14. The Labute approximate surface area is 187 Å². The Morgan fingerprint density at radius 3 is 2.29 bits per heavy atom. The first kappa shape index (κ1) is 21.8. The van der Waals surface area contributed by atoms with Gasteiger partial charge in [-0.3, -0.25) is 0 Å². The predicted octanol–water partition coefficient (Wildman–Crippen LogP) is 8.91. The van der Waals surface area contributed by atoms with E-state index in [2.05, 4.69) is 43.8 Å². The molecule has 0 aromatic heterocycles. The van der Waals surface area contributed by atoms with Crippen LogP contribution in [0.4, 0.5) is 4.39 Å². The quantitative estimate of drug-likeness (QED) is 0.323. The normalized spacial score (nSPS) is 18.9. The van der Waals surface area contributed by atoms with Gasteiger partial charge in [0.1, 0.15) is 5.82 Å². The first-order valence-corrected chi connectivity index (χ1v) is 12.1. The van der Waals surface area contributed by atoms with Gasteiger partial charge in [-0.2, -0.15) is 0 Å². The smallest absolute Gasteiger partial charge is 0.138 e. The molecule has 1 saturated carbocycles. The van der Waals surface area contributed by atoms with E-state index in [0.29, 0.717) is 5.56 Å². The molecule has 1 heteroatoms. The minimum atomic E-state index is -0.110. The Bertz CT molecular complexity index is 1010. The third-order valence-electron chi connectivity index (χ3n) is 7.31. The maximum Gasteiger partial charge on any atom is 0.138 e. The summed E-state index contributed by atoms with van der Waals surface area (Å²) in [5.41, 5.74) is 4.22. The Morgan fingerprint density at radius 2 is 1.58 bits per heavy atom. The molecule has 0 heterocycles. The van der Waals surface area contributed by atoms with Gasteiger partial charge >= 0.3 is 0 Å². The minimum absolute atomic E-state index is 0.110. The van der Waals surface area contributed by atoms with Crippen LogP contribution in [-0.4, -0.2) is 0 Å². The molecule has 0 bridgehead atoms. The molecule has 0 aliphatic heterocycles. The number of rotatable bonds is 8. The van der Waals surface area contributed by atoms with Crippen LogP contribution < -0.4 is 0 Å². The lowest BCUT2D eigenvalue weighted by atomic mass is 9.78. The monoisotopic (exact) mass is 414 g/mol. The highest BCUT2D eigenvalue weighted by Crippen LogP contribution is 2.34. The number of allylic oxidation sites excluding steroid dienone is 1. The number of hydrogen-bond donors (Lipinski definition) is 0. The Morgan fingerprint density at radius 1 is 0.871 bits per heavy atom. The van der Waals surface area contributed by atoms with Crippen LogP contribution in [0.25, 0.3) is 21.9 Å². The van der Waals surface area contributed by atoms with Crippen LogP contribution in [-0.2, 0) is 12.8 Å². The maximum atomic E-state index is 15.3. The predicted molar refractivity (Wildman–Crippen MR) is 132 cm³/mol. The molecule has 0 unspecified atom stereocenters. The first-order valence-electron chi connectivity index (χ1n) is 12.1. The van der Waals surface area contributed by atoms with Gasteiger partial charge < -0.3 is 0 Å². The zero-order chi connectivity index (χ0) is 21.6. The topological polar surface area (TPSA) is 0 Å². The van der Waals surface area contributed by atoms with Gasteiger partial charge in [0.15, 0.2) is 0 Å². The summed E-state index contributed by atoms with van der Waals surface area (Å²) < 4.78 is 15.3. The van der Waals surface area contributed by atoms with Crippen molar-refractivity contribution in [1.29, 1.82) is 0 Å². The number of fused-ring (bicyclic) bond motifs is 1. The van der Waals surface area contributed by atoms with Crippen LogP contribution in [0.3, 0.4) is 0 Å². The van der Waals surface area contributed by atoms with Crippen molar-refractivity contribution in [2.45, 2.75) is 64.7 Å². The molecule has 0 radical (unpaired) electrons. The fourth-order valence-corrected chi connectivity index (χ4v) is 5.14. The third kappa shape index (κ3) is 5.26. The van der Waals surface area contributed by atoms with Crippen LogP contribution in [0, 0.1) is 17.7 Å². The summed E-state index contributed by atoms with van der Waals surface area (Å²) >= 11 is 0. The number of aryl methyl sites for hydroxylation is 2. The van der Waals surface area contributed by atoms with E-state index in [-0.39, 0.29) is 5.82 Å². The number of halogens is 1. The van der Waals surface area contributed by atoms with Crippen LogP contribution >= 0.6 is 0 Å². The van der Waals surface area contributed by atoms with Gasteiger partial charge in [0.05, 0.1) is 0 Å². The molecule has 162 valence electrons. The molecule has 0 spiro atoms. The van der Waals surface area contributed by atoms with Crippen molar-refractivity contribution in [3.63, 3.8) is 0 Å². The highest BCUT2D eigenvalue weighted by atomic mass is 19.1. The molecular weight excluding hydrogens is 379 g/mol. The van der Waals surface area contributed by atoms with Crippen molar-refractivity contribution in [2.75, 3.05) is 0 Å². The molecule has 0 atom stereocenters.